The molecule has 1 heterocycles. The van der Waals surface area contributed by atoms with Gasteiger partial charge in [-0.15, -0.1) is 11.3 Å². The molecule has 2 amide bonds. The van der Waals surface area contributed by atoms with Crippen LogP contribution >= 0.6 is 11.3 Å². The smallest absolute Gasteiger partial charge is 0.315 e. The fraction of sp³-hybridized carbons (Fsp3) is 0.286. The summed E-state index contributed by atoms with van der Waals surface area (Å²) in [5, 5.41) is 8.43. The van der Waals surface area contributed by atoms with Gasteiger partial charge in [-0.2, -0.15) is 0 Å². The molecule has 0 aliphatic heterocycles. The molecule has 0 radical (unpaired) electrons. The van der Waals surface area contributed by atoms with E-state index >= 15 is 0 Å². The van der Waals surface area contributed by atoms with Gasteiger partial charge in [0.1, 0.15) is 10.8 Å². The Morgan fingerprint density at radius 1 is 1.30 bits per heavy atom. The van der Waals surface area contributed by atoms with E-state index in [0.29, 0.717) is 13.1 Å². The molecule has 106 valence electrons. The number of nitrogens with one attached hydrogen (secondary N) is 2. The van der Waals surface area contributed by atoms with E-state index in [1.807, 2.05) is 36.6 Å². The number of rotatable bonds is 5. The van der Waals surface area contributed by atoms with Crippen LogP contribution in [0.4, 0.5) is 4.79 Å². The molecule has 0 bridgehead atoms. The third kappa shape index (κ3) is 3.96. The van der Waals surface area contributed by atoms with Gasteiger partial charge < -0.3 is 15.4 Å². The zero-order valence-electron chi connectivity index (χ0n) is 11.5. The SMILES string of the molecule is COc1ccccc1CNC(=O)NCc1nc(C)cs1. The van der Waals surface area contributed by atoms with Crippen molar-refractivity contribution in [2.24, 2.45) is 0 Å². The number of thiazole rings is 1. The number of urea groups is 1. The van der Waals surface area contributed by atoms with Crippen LogP contribution in [-0.2, 0) is 13.1 Å². The van der Waals surface area contributed by atoms with E-state index in [2.05, 4.69) is 15.6 Å². The normalized spacial score (nSPS) is 10.1. The lowest BCUT2D eigenvalue weighted by Gasteiger charge is -2.09. The lowest BCUT2D eigenvalue weighted by atomic mass is 10.2. The highest BCUT2D eigenvalue weighted by Crippen LogP contribution is 2.16. The molecule has 0 saturated carbocycles. The number of para-hydroxylation sites is 1. The number of hydrogen-bond donors (Lipinski definition) is 2. The van der Waals surface area contributed by atoms with Crippen molar-refractivity contribution < 1.29 is 9.53 Å². The summed E-state index contributed by atoms with van der Waals surface area (Å²) in [5.41, 5.74) is 1.91. The van der Waals surface area contributed by atoms with Gasteiger partial charge in [-0.05, 0) is 13.0 Å². The minimum Gasteiger partial charge on any atom is -0.496 e. The number of hydrogen-bond acceptors (Lipinski definition) is 4. The molecular weight excluding hydrogens is 274 g/mol. The van der Waals surface area contributed by atoms with Crippen molar-refractivity contribution in [2.45, 2.75) is 20.0 Å². The zero-order chi connectivity index (χ0) is 14.4. The Balaban J connectivity index is 1.80. The molecule has 2 aromatic rings. The summed E-state index contributed by atoms with van der Waals surface area (Å²) in [6.07, 6.45) is 0. The molecule has 0 saturated heterocycles. The third-order valence-electron chi connectivity index (χ3n) is 2.70. The van der Waals surface area contributed by atoms with Gasteiger partial charge in [0.05, 0.1) is 13.7 Å². The fourth-order valence-electron chi connectivity index (χ4n) is 1.73. The van der Waals surface area contributed by atoms with Crippen LogP contribution in [0, 0.1) is 6.92 Å². The van der Waals surface area contributed by atoms with Gasteiger partial charge in [-0.25, -0.2) is 9.78 Å². The van der Waals surface area contributed by atoms with Gasteiger partial charge in [-0.3, -0.25) is 0 Å². The molecule has 2 N–H and O–H groups in total. The Morgan fingerprint density at radius 3 is 2.75 bits per heavy atom. The molecule has 1 aromatic carbocycles. The Labute approximate surface area is 122 Å². The molecule has 20 heavy (non-hydrogen) atoms. The first kappa shape index (κ1) is 14.3. The standard InChI is InChI=1S/C14H17N3O2S/c1-10-9-20-13(17-10)8-16-14(18)15-7-11-5-3-4-6-12(11)19-2/h3-6,9H,7-8H2,1-2H3,(H2,15,16,18). The molecule has 0 atom stereocenters. The highest BCUT2D eigenvalue weighted by molar-refractivity contribution is 7.09. The first-order valence-electron chi connectivity index (χ1n) is 6.23. The summed E-state index contributed by atoms with van der Waals surface area (Å²) < 4.78 is 5.23. The second-order valence-electron chi connectivity index (χ2n) is 4.23. The van der Waals surface area contributed by atoms with E-state index in [1.54, 1.807) is 7.11 Å². The van der Waals surface area contributed by atoms with Crippen molar-refractivity contribution in [1.29, 1.82) is 0 Å². The first-order chi connectivity index (χ1) is 9.69. The fourth-order valence-corrected chi connectivity index (χ4v) is 2.44. The summed E-state index contributed by atoms with van der Waals surface area (Å²) >= 11 is 1.54. The predicted octanol–water partition coefficient (Wildman–Crippen LogP) is 2.46. The summed E-state index contributed by atoms with van der Waals surface area (Å²) in [5.74, 6) is 0.767. The number of benzene rings is 1. The number of aryl methyl sites for hydroxylation is 1. The van der Waals surface area contributed by atoms with Crippen LogP contribution in [0.15, 0.2) is 29.6 Å². The van der Waals surface area contributed by atoms with Crippen LogP contribution in [0.3, 0.4) is 0 Å². The maximum atomic E-state index is 11.7. The summed E-state index contributed by atoms with van der Waals surface area (Å²) in [6, 6.07) is 7.38. The topological polar surface area (TPSA) is 63.2 Å². The van der Waals surface area contributed by atoms with E-state index < -0.39 is 0 Å². The molecular formula is C14H17N3O2S. The van der Waals surface area contributed by atoms with E-state index in [-0.39, 0.29) is 6.03 Å². The Kier molecular flexibility index (Phi) is 4.95. The van der Waals surface area contributed by atoms with E-state index in [4.69, 9.17) is 4.74 Å². The second kappa shape index (κ2) is 6.91. The number of carbonyl (C=O) groups excluding carboxylic acids is 1. The van der Waals surface area contributed by atoms with E-state index in [0.717, 1.165) is 22.0 Å². The Hall–Kier alpha value is -2.08. The average Bonchev–Trinajstić information content (AvgIpc) is 2.89. The van der Waals surface area contributed by atoms with Crippen LogP contribution in [0.5, 0.6) is 5.75 Å². The second-order valence-corrected chi connectivity index (χ2v) is 5.17. The molecule has 0 aliphatic carbocycles. The number of amides is 2. The van der Waals surface area contributed by atoms with Crippen LogP contribution in [0.1, 0.15) is 16.3 Å². The number of nitrogens with zero attached hydrogens (tertiary/aromatic N) is 1. The zero-order valence-corrected chi connectivity index (χ0v) is 12.3. The van der Waals surface area contributed by atoms with Gasteiger partial charge in [0.15, 0.2) is 0 Å². The molecule has 1 aromatic heterocycles. The minimum atomic E-state index is -0.219. The van der Waals surface area contributed by atoms with Gasteiger partial charge in [-0.1, -0.05) is 18.2 Å². The summed E-state index contributed by atoms with van der Waals surface area (Å²) in [4.78, 5) is 16.0. The van der Waals surface area contributed by atoms with Gasteiger partial charge in [0.25, 0.3) is 0 Å². The largest absolute Gasteiger partial charge is 0.496 e. The quantitative estimate of drug-likeness (QED) is 0.889. The van der Waals surface area contributed by atoms with Crippen molar-refractivity contribution in [3.8, 4) is 5.75 Å². The Bertz CT molecular complexity index is 583. The molecule has 0 unspecified atom stereocenters. The first-order valence-corrected chi connectivity index (χ1v) is 7.11. The van der Waals surface area contributed by atoms with Gasteiger partial charge in [0, 0.05) is 23.2 Å². The molecule has 0 spiro atoms. The van der Waals surface area contributed by atoms with Crippen LogP contribution < -0.4 is 15.4 Å². The Morgan fingerprint density at radius 2 is 2.05 bits per heavy atom. The van der Waals surface area contributed by atoms with Crippen LogP contribution in [0.2, 0.25) is 0 Å². The number of carbonyl (C=O) groups is 1. The number of methoxy groups -OCH3 is 1. The monoisotopic (exact) mass is 291 g/mol. The molecule has 5 nitrogen and oxygen atoms in total. The average molecular weight is 291 g/mol. The highest BCUT2D eigenvalue weighted by Gasteiger charge is 2.05. The molecule has 0 aliphatic rings. The van der Waals surface area contributed by atoms with Crippen molar-refractivity contribution in [2.75, 3.05) is 7.11 Å². The summed E-state index contributed by atoms with van der Waals surface area (Å²) in [7, 11) is 1.61. The lowest BCUT2D eigenvalue weighted by molar-refractivity contribution is 0.240. The van der Waals surface area contributed by atoms with Crippen LogP contribution in [0.25, 0.3) is 0 Å². The highest BCUT2D eigenvalue weighted by atomic mass is 32.1. The van der Waals surface area contributed by atoms with Crippen molar-refractivity contribution >= 4 is 17.4 Å². The molecule has 0 fully saturated rings. The maximum absolute atomic E-state index is 11.7. The number of ether oxygens (including phenoxy) is 1. The number of aromatic nitrogens is 1. The van der Waals surface area contributed by atoms with Gasteiger partial charge in [0.2, 0.25) is 0 Å². The van der Waals surface area contributed by atoms with E-state index in [9.17, 15) is 4.79 Å². The van der Waals surface area contributed by atoms with Crippen LogP contribution in [-0.4, -0.2) is 18.1 Å². The molecule has 2 rings (SSSR count). The van der Waals surface area contributed by atoms with E-state index in [1.165, 1.54) is 11.3 Å². The van der Waals surface area contributed by atoms with Crippen molar-refractivity contribution in [3.63, 3.8) is 0 Å². The maximum Gasteiger partial charge on any atom is 0.315 e. The minimum absolute atomic E-state index is 0.219. The van der Waals surface area contributed by atoms with Gasteiger partial charge >= 0.3 is 6.03 Å². The molecule has 6 heteroatoms. The summed E-state index contributed by atoms with van der Waals surface area (Å²) in [6.45, 7) is 2.80. The van der Waals surface area contributed by atoms with Crippen molar-refractivity contribution in [1.82, 2.24) is 15.6 Å². The lowest BCUT2D eigenvalue weighted by Crippen LogP contribution is -2.34. The third-order valence-corrected chi connectivity index (χ3v) is 3.67. The predicted molar refractivity (Wildman–Crippen MR) is 78.9 cm³/mol. The van der Waals surface area contributed by atoms with Crippen molar-refractivity contribution in [3.05, 3.63) is 45.9 Å².